The lowest BCUT2D eigenvalue weighted by Crippen LogP contribution is -2.41. The van der Waals surface area contributed by atoms with Gasteiger partial charge in [0.2, 0.25) is 0 Å². The van der Waals surface area contributed by atoms with Crippen LogP contribution >= 0.6 is 11.6 Å². The first kappa shape index (κ1) is 11.9. The quantitative estimate of drug-likeness (QED) is 0.722. The van der Waals surface area contributed by atoms with E-state index in [1.54, 1.807) is 0 Å². The molecule has 2 atom stereocenters. The number of halogens is 2. The summed E-state index contributed by atoms with van der Waals surface area (Å²) < 4.78 is 13.3. The number of nitrogens with two attached hydrogens (primary N) is 2. The van der Waals surface area contributed by atoms with Gasteiger partial charge in [0.1, 0.15) is 11.9 Å². The van der Waals surface area contributed by atoms with Crippen LogP contribution in [-0.4, -0.2) is 17.1 Å². The minimum Gasteiger partial charge on any atom is -0.480 e. The standard InChI is InChI=1S/C9H10ClFN2O2/c10-4-1-2-6(11)5(3-4)7(12)8(13)9(14)15/h1-3,7-8H,12-13H2,(H,14,15). The Bertz CT molecular complexity index is 386. The Hall–Kier alpha value is -1.17. The van der Waals surface area contributed by atoms with Crippen LogP contribution in [0.4, 0.5) is 4.39 Å². The number of carbonyl (C=O) groups is 1. The fourth-order valence-electron chi connectivity index (χ4n) is 1.12. The van der Waals surface area contributed by atoms with Crippen molar-refractivity contribution in [1.29, 1.82) is 0 Å². The van der Waals surface area contributed by atoms with E-state index in [2.05, 4.69) is 0 Å². The number of rotatable bonds is 3. The fourth-order valence-corrected chi connectivity index (χ4v) is 1.30. The number of carboxylic acid groups (broad SMARTS) is 1. The highest BCUT2D eigenvalue weighted by Gasteiger charge is 2.24. The second-order valence-corrected chi connectivity index (χ2v) is 3.49. The van der Waals surface area contributed by atoms with E-state index in [1.807, 2.05) is 0 Å². The smallest absolute Gasteiger partial charge is 0.322 e. The van der Waals surface area contributed by atoms with Crippen LogP contribution in [0.3, 0.4) is 0 Å². The summed E-state index contributed by atoms with van der Waals surface area (Å²) in [6.45, 7) is 0. The molecule has 82 valence electrons. The Balaban J connectivity index is 3.04. The van der Waals surface area contributed by atoms with Gasteiger partial charge in [-0.2, -0.15) is 0 Å². The predicted octanol–water partition coefficient (Wildman–Crippen LogP) is 0.891. The summed E-state index contributed by atoms with van der Waals surface area (Å²) in [5, 5.41) is 8.89. The second kappa shape index (κ2) is 4.57. The summed E-state index contributed by atoms with van der Waals surface area (Å²) in [5.41, 5.74) is 10.8. The molecule has 5 N–H and O–H groups in total. The average Bonchev–Trinajstić information content (AvgIpc) is 2.19. The third-order valence-corrected chi connectivity index (χ3v) is 2.22. The molecule has 15 heavy (non-hydrogen) atoms. The Morgan fingerprint density at radius 2 is 2.07 bits per heavy atom. The molecule has 0 heterocycles. The first-order valence-electron chi connectivity index (χ1n) is 4.12. The van der Waals surface area contributed by atoms with Crippen molar-refractivity contribution in [3.8, 4) is 0 Å². The zero-order valence-corrected chi connectivity index (χ0v) is 8.41. The third-order valence-electron chi connectivity index (χ3n) is 1.99. The SMILES string of the molecule is NC(C(=O)O)C(N)c1cc(Cl)ccc1F. The highest BCUT2D eigenvalue weighted by Crippen LogP contribution is 2.21. The van der Waals surface area contributed by atoms with Crippen LogP contribution in [0.5, 0.6) is 0 Å². The van der Waals surface area contributed by atoms with Crippen LogP contribution in [0.15, 0.2) is 18.2 Å². The molecule has 0 spiro atoms. The van der Waals surface area contributed by atoms with Gasteiger partial charge in [-0.25, -0.2) is 4.39 Å². The predicted molar refractivity (Wildman–Crippen MR) is 53.9 cm³/mol. The summed E-state index contributed by atoms with van der Waals surface area (Å²) in [6.07, 6.45) is 0. The third kappa shape index (κ3) is 2.65. The molecule has 0 aliphatic rings. The van der Waals surface area contributed by atoms with Gasteiger partial charge in [-0.05, 0) is 18.2 Å². The molecule has 0 bridgehead atoms. The van der Waals surface area contributed by atoms with Crippen molar-refractivity contribution in [2.24, 2.45) is 11.5 Å². The van der Waals surface area contributed by atoms with E-state index in [-0.39, 0.29) is 10.6 Å². The van der Waals surface area contributed by atoms with Crippen LogP contribution < -0.4 is 11.5 Å². The Labute approximate surface area is 90.6 Å². The van der Waals surface area contributed by atoms with E-state index >= 15 is 0 Å². The zero-order chi connectivity index (χ0) is 11.6. The summed E-state index contributed by atoms with van der Waals surface area (Å²) in [4.78, 5) is 10.5. The molecular weight excluding hydrogens is 223 g/mol. The van der Waals surface area contributed by atoms with Gasteiger partial charge in [0.05, 0.1) is 6.04 Å². The Morgan fingerprint density at radius 3 is 2.60 bits per heavy atom. The first-order valence-corrected chi connectivity index (χ1v) is 4.50. The van der Waals surface area contributed by atoms with Gasteiger partial charge < -0.3 is 16.6 Å². The molecule has 0 aromatic heterocycles. The van der Waals surface area contributed by atoms with Crippen molar-refractivity contribution in [3.63, 3.8) is 0 Å². The van der Waals surface area contributed by atoms with E-state index < -0.39 is 23.9 Å². The molecule has 1 rings (SSSR count). The number of carboxylic acids is 1. The molecule has 1 aromatic rings. The molecule has 0 amide bonds. The van der Waals surface area contributed by atoms with Crippen molar-refractivity contribution in [3.05, 3.63) is 34.6 Å². The van der Waals surface area contributed by atoms with Gasteiger partial charge in [0, 0.05) is 10.6 Å². The molecule has 0 aliphatic heterocycles. The van der Waals surface area contributed by atoms with Gasteiger partial charge in [-0.15, -0.1) is 0 Å². The maximum absolute atomic E-state index is 13.3. The normalized spacial score (nSPS) is 14.7. The van der Waals surface area contributed by atoms with Crippen LogP contribution in [0.25, 0.3) is 0 Å². The van der Waals surface area contributed by atoms with E-state index in [1.165, 1.54) is 12.1 Å². The Kier molecular flexibility index (Phi) is 3.62. The lowest BCUT2D eigenvalue weighted by atomic mass is 10.0. The second-order valence-electron chi connectivity index (χ2n) is 3.06. The maximum atomic E-state index is 13.3. The zero-order valence-electron chi connectivity index (χ0n) is 7.65. The topological polar surface area (TPSA) is 89.3 Å². The van der Waals surface area contributed by atoms with Crippen molar-refractivity contribution < 1.29 is 14.3 Å². The summed E-state index contributed by atoms with van der Waals surface area (Å²) in [7, 11) is 0. The Morgan fingerprint density at radius 1 is 1.47 bits per heavy atom. The van der Waals surface area contributed by atoms with E-state index in [4.69, 9.17) is 28.2 Å². The number of hydrogen-bond donors (Lipinski definition) is 3. The van der Waals surface area contributed by atoms with E-state index in [0.29, 0.717) is 0 Å². The lowest BCUT2D eigenvalue weighted by Gasteiger charge is -2.17. The van der Waals surface area contributed by atoms with Crippen molar-refractivity contribution >= 4 is 17.6 Å². The summed E-state index contributed by atoms with van der Waals surface area (Å²) in [6, 6.07) is 1.25. The van der Waals surface area contributed by atoms with Crippen LogP contribution in [0.1, 0.15) is 11.6 Å². The minimum absolute atomic E-state index is 0.00241. The van der Waals surface area contributed by atoms with E-state index in [0.717, 1.165) is 6.07 Å². The highest BCUT2D eigenvalue weighted by atomic mass is 35.5. The van der Waals surface area contributed by atoms with Gasteiger partial charge >= 0.3 is 5.97 Å². The molecule has 0 saturated carbocycles. The molecular formula is C9H10ClFN2O2. The molecule has 1 aromatic carbocycles. The van der Waals surface area contributed by atoms with Gasteiger partial charge in [-0.3, -0.25) is 4.79 Å². The highest BCUT2D eigenvalue weighted by molar-refractivity contribution is 6.30. The lowest BCUT2D eigenvalue weighted by molar-refractivity contribution is -0.139. The monoisotopic (exact) mass is 232 g/mol. The van der Waals surface area contributed by atoms with Crippen molar-refractivity contribution in [2.75, 3.05) is 0 Å². The molecule has 2 unspecified atom stereocenters. The largest absolute Gasteiger partial charge is 0.480 e. The van der Waals surface area contributed by atoms with Crippen LogP contribution in [-0.2, 0) is 4.79 Å². The van der Waals surface area contributed by atoms with E-state index in [9.17, 15) is 9.18 Å². The summed E-state index contributed by atoms with van der Waals surface area (Å²) in [5.74, 6) is -1.91. The molecule has 0 saturated heterocycles. The first-order chi connectivity index (χ1) is 6.93. The van der Waals surface area contributed by atoms with Crippen LogP contribution in [0.2, 0.25) is 5.02 Å². The molecule has 0 radical (unpaired) electrons. The molecule has 6 heteroatoms. The van der Waals surface area contributed by atoms with Gasteiger partial charge in [-0.1, -0.05) is 11.6 Å². The van der Waals surface area contributed by atoms with Crippen molar-refractivity contribution in [2.45, 2.75) is 12.1 Å². The fraction of sp³-hybridized carbons (Fsp3) is 0.222. The number of aliphatic carboxylic acids is 1. The molecule has 0 fully saturated rings. The number of hydrogen-bond acceptors (Lipinski definition) is 3. The van der Waals surface area contributed by atoms with Gasteiger partial charge in [0.15, 0.2) is 0 Å². The number of benzene rings is 1. The minimum atomic E-state index is -1.36. The van der Waals surface area contributed by atoms with Crippen LogP contribution in [0, 0.1) is 5.82 Å². The summed E-state index contributed by atoms with van der Waals surface area (Å²) >= 11 is 5.63. The van der Waals surface area contributed by atoms with Crippen molar-refractivity contribution in [1.82, 2.24) is 0 Å². The van der Waals surface area contributed by atoms with Gasteiger partial charge in [0.25, 0.3) is 0 Å². The average molecular weight is 233 g/mol. The maximum Gasteiger partial charge on any atom is 0.322 e. The molecule has 4 nitrogen and oxygen atoms in total. The molecule has 0 aliphatic carbocycles.